The van der Waals surface area contributed by atoms with Gasteiger partial charge in [-0.25, -0.2) is 4.79 Å². The fraction of sp³-hybridized carbons (Fsp3) is 0.455. The fourth-order valence-electron chi connectivity index (χ4n) is 2.03. The molecule has 1 unspecified atom stereocenters. The van der Waals surface area contributed by atoms with Gasteiger partial charge in [-0.2, -0.15) is 0 Å². The molecule has 0 aromatic carbocycles. The lowest BCUT2D eigenvalue weighted by molar-refractivity contribution is -0.117. The van der Waals surface area contributed by atoms with Gasteiger partial charge in [0.15, 0.2) is 0 Å². The van der Waals surface area contributed by atoms with Crippen molar-refractivity contribution in [3.63, 3.8) is 0 Å². The molecule has 0 radical (unpaired) electrons. The summed E-state index contributed by atoms with van der Waals surface area (Å²) in [6.45, 7) is 2.02. The van der Waals surface area contributed by atoms with Crippen molar-refractivity contribution < 1.29 is 14.7 Å². The Bertz CT molecular complexity index is 469. The number of carbonyl (C=O) groups is 2. The highest BCUT2D eigenvalue weighted by Gasteiger charge is 2.33. The van der Waals surface area contributed by atoms with Gasteiger partial charge in [0.2, 0.25) is 5.91 Å². The van der Waals surface area contributed by atoms with E-state index < -0.39 is 5.97 Å². The summed E-state index contributed by atoms with van der Waals surface area (Å²) in [5.41, 5.74) is 1.23. The third-order valence-electron chi connectivity index (χ3n) is 2.93. The van der Waals surface area contributed by atoms with Crippen LogP contribution < -0.4 is 10.2 Å². The van der Waals surface area contributed by atoms with E-state index >= 15 is 0 Å². The normalized spacial score (nSPS) is 18.8. The summed E-state index contributed by atoms with van der Waals surface area (Å²) in [5.74, 6) is -1.12. The molecule has 0 saturated heterocycles. The van der Waals surface area contributed by atoms with Gasteiger partial charge >= 0.3 is 5.97 Å². The highest BCUT2D eigenvalue weighted by molar-refractivity contribution is 7.13. The van der Waals surface area contributed by atoms with E-state index in [1.165, 1.54) is 0 Å². The highest BCUT2D eigenvalue weighted by Crippen LogP contribution is 2.39. The first-order valence-electron chi connectivity index (χ1n) is 5.44. The van der Waals surface area contributed by atoms with E-state index in [2.05, 4.69) is 5.32 Å². The summed E-state index contributed by atoms with van der Waals surface area (Å²) in [7, 11) is 1.83. The number of thiophene rings is 1. The summed E-state index contributed by atoms with van der Waals surface area (Å²) >= 11 is 1.14. The summed E-state index contributed by atoms with van der Waals surface area (Å²) in [6, 6.07) is -0.205. The van der Waals surface area contributed by atoms with Crippen LogP contribution in [0.4, 0.5) is 11.4 Å². The van der Waals surface area contributed by atoms with E-state index in [0.29, 0.717) is 5.69 Å². The maximum absolute atomic E-state index is 11.9. The van der Waals surface area contributed by atoms with Crippen LogP contribution in [0, 0.1) is 0 Å². The van der Waals surface area contributed by atoms with E-state index in [-0.39, 0.29) is 16.8 Å². The van der Waals surface area contributed by atoms with E-state index in [9.17, 15) is 9.59 Å². The van der Waals surface area contributed by atoms with E-state index in [1.54, 1.807) is 5.38 Å². The lowest BCUT2D eigenvalue weighted by Crippen LogP contribution is -2.45. The topological polar surface area (TPSA) is 69.6 Å². The van der Waals surface area contributed by atoms with Crippen molar-refractivity contribution in [1.82, 2.24) is 0 Å². The number of likely N-dealkylation sites (N-methyl/N-ethyl adjacent to an activating group) is 1. The van der Waals surface area contributed by atoms with Crippen LogP contribution >= 0.6 is 11.3 Å². The first-order valence-corrected chi connectivity index (χ1v) is 6.32. The van der Waals surface area contributed by atoms with Crippen molar-refractivity contribution in [3.8, 4) is 0 Å². The monoisotopic (exact) mass is 254 g/mol. The molecule has 1 aromatic rings. The Kier molecular flexibility index (Phi) is 3.06. The number of anilines is 2. The summed E-state index contributed by atoms with van der Waals surface area (Å²) in [5, 5.41) is 13.5. The first kappa shape index (κ1) is 11.9. The van der Waals surface area contributed by atoms with Crippen LogP contribution in [0.3, 0.4) is 0 Å². The number of aromatic carboxylic acids is 1. The van der Waals surface area contributed by atoms with E-state index in [0.717, 1.165) is 29.9 Å². The minimum Gasteiger partial charge on any atom is -0.477 e. The lowest BCUT2D eigenvalue weighted by Gasteiger charge is -2.33. The van der Waals surface area contributed by atoms with Crippen molar-refractivity contribution >= 4 is 34.6 Å². The van der Waals surface area contributed by atoms with Crippen LogP contribution in [0.25, 0.3) is 0 Å². The molecule has 0 bridgehead atoms. The van der Waals surface area contributed by atoms with Crippen molar-refractivity contribution in [2.24, 2.45) is 0 Å². The molecular weight excluding hydrogens is 240 g/mol. The van der Waals surface area contributed by atoms with Crippen LogP contribution in [0.2, 0.25) is 0 Å². The number of fused-ring (bicyclic) bond motifs is 1. The number of amides is 1. The first-order chi connectivity index (χ1) is 8.06. The molecule has 1 aromatic heterocycles. The zero-order valence-corrected chi connectivity index (χ0v) is 10.5. The van der Waals surface area contributed by atoms with Gasteiger partial charge in [0.1, 0.15) is 10.9 Å². The highest BCUT2D eigenvalue weighted by atomic mass is 32.1. The molecule has 1 aliphatic heterocycles. The predicted molar refractivity (Wildman–Crippen MR) is 67.0 cm³/mol. The zero-order chi connectivity index (χ0) is 12.6. The SMILES string of the molecule is CCCC1C(=O)Nc2c(csc2C(=O)O)N1C. The molecular formula is C11H14N2O3S. The van der Waals surface area contributed by atoms with Gasteiger partial charge in [-0.15, -0.1) is 11.3 Å². The second-order valence-electron chi connectivity index (χ2n) is 4.03. The van der Waals surface area contributed by atoms with E-state index in [4.69, 9.17) is 5.11 Å². The van der Waals surface area contributed by atoms with Gasteiger partial charge in [0, 0.05) is 12.4 Å². The predicted octanol–water partition coefficient (Wildman–Crippen LogP) is 2.00. The molecule has 1 atom stereocenters. The Morgan fingerprint density at radius 3 is 2.94 bits per heavy atom. The number of carboxylic acids is 1. The van der Waals surface area contributed by atoms with Gasteiger partial charge in [0.05, 0.1) is 11.4 Å². The smallest absolute Gasteiger partial charge is 0.348 e. The minimum atomic E-state index is -1.00. The van der Waals surface area contributed by atoms with Crippen molar-refractivity contribution in [3.05, 3.63) is 10.3 Å². The van der Waals surface area contributed by atoms with Crippen LogP contribution in [-0.2, 0) is 4.79 Å². The summed E-state index contributed by atoms with van der Waals surface area (Å²) < 4.78 is 0. The quantitative estimate of drug-likeness (QED) is 0.865. The maximum Gasteiger partial charge on any atom is 0.348 e. The Morgan fingerprint density at radius 2 is 2.35 bits per heavy atom. The third-order valence-corrected chi connectivity index (χ3v) is 3.88. The van der Waals surface area contributed by atoms with Gasteiger partial charge in [-0.3, -0.25) is 4.79 Å². The molecule has 1 amide bonds. The molecule has 1 aliphatic rings. The number of nitrogens with one attached hydrogen (secondary N) is 1. The second kappa shape index (κ2) is 4.37. The Hall–Kier alpha value is -1.56. The number of carboxylic acid groups (broad SMARTS) is 1. The van der Waals surface area contributed by atoms with Crippen LogP contribution in [0.15, 0.2) is 5.38 Å². The van der Waals surface area contributed by atoms with Gasteiger partial charge in [-0.05, 0) is 6.42 Å². The van der Waals surface area contributed by atoms with E-state index in [1.807, 2.05) is 18.9 Å². The average Bonchev–Trinajstić information content (AvgIpc) is 2.68. The number of hydrogen-bond donors (Lipinski definition) is 2. The van der Waals surface area contributed by atoms with Crippen molar-refractivity contribution in [1.29, 1.82) is 0 Å². The number of rotatable bonds is 3. The van der Waals surface area contributed by atoms with Gasteiger partial charge in [-0.1, -0.05) is 13.3 Å². The summed E-state index contributed by atoms with van der Waals surface area (Å²) in [4.78, 5) is 24.9. The molecule has 17 heavy (non-hydrogen) atoms. The van der Waals surface area contributed by atoms with Gasteiger partial charge < -0.3 is 15.3 Å². The number of nitrogens with zero attached hydrogens (tertiary/aromatic N) is 1. The van der Waals surface area contributed by atoms with Crippen molar-refractivity contribution in [2.75, 3.05) is 17.3 Å². The average molecular weight is 254 g/mol. The number of carbonyl (C=O) groups excluding carboxylic acids is 1. The molecule has 0 saturated carbocycles. The van der Waals surface area contributed by atoms with Crippen LogP contribution in [0.1, 0.15) is 29.4 Å². The summed E-state index contributed by atoms with van der Waals surface area (Å²) in [6.07, 6.45) is 1.67. The molecule has 2 rings (SSSR count). The Balaban J connectivity index is 2.40. The number of hydrogen-bond acceptors (Lipinski definition) is 4. The molecule has 5 nitrogen and oxygen atoms in total. The maximum atomic E-state index is 11.9. The standard InChI is InChI=1S/C11H14N2O3S/c1-3-4-6-10(14)12-8-7(13(6)2)5-17-9(8)11(15)16/h5-6H,3-4H2,1-2H3,(H,12,14)(H,15,16). The molecule has 0 fully saturated rings. The molecule has 0 spiro atoms. The van der Waals surface area contributed by atoms with Crippen LogP contribution in [0.5, 0.6) is 0 Å². The fourth-order valence-corrected chi connectivity index (χ4v) is 2.92. The molecule has 2 N–H and O–H groups in total. The molecule has 2 heterocycles. The third kappa shape index (κ3) is 1.88. The second-order valence-corrected chi connectivity index (χ2v) is 4.91. The zero-order valence-electron chi connectivity index (χ0n) is 9.69. The van der Waals surface area contributed by atoms with Crippen LogP contribution in [-0.4, -0.2) is 30.1 Å². The molecule has 0 aliphatic carbocycles. The Labute approximate surface area is 103 Å². The van der Waals surface area contributed by atoms with Crippen molar-refractivity contribution in [2.45, 2.75) is 25.8 Å². The lowest BCUT2D eigenvalue weighted by atomic mass is 10.1. The molecule has 92 valence electrons. The Morgan fingerprint density at radius 1 is 1.65 bits per heavy atom. The largest absolute Gasteiger partial charge is 0.477 e. The molecule has 6 heteroatoms. The van der Waals surface area contributed by atoms with Gasteiger partial charge in [0.25, 0.3) is 0 Å². The minimum absolute atomic E-state index is 0.122.